The maximum absolute atomic E-state index is 11.7. The summed E-state index contributed by atoms with van der Waals surface area (Å²) in [7, 11) is 0. The number of amides is 1. The van der Waals surface area contributed by atoms with Crippen LogP contribution in [0.3, 0.4) is 0 Å². The minimum absolute atomic E-state index is 0.119. The molecule has 1 amide bonds. The van der Waals surface area contributed by atoms with Crippen LogP contribution in [-0.2, 0) is 4.79 Å². The van der Waals surface area contributed by atoms with Crippen LogP contribution in [0.15, 0.2) is 13.6 Å². The Morgan fingerprint density at radius 2 is 2.19 bits per heavy atom. The van der Waals surface area contributed by atoms with Crippen molar-refractivity contribution in [2.24, 2.45) is 5.92 Å². The number of halogens is 2. The van der Waals surface area contributed by atoms with E-state index in [0.29, 0.717) is 5.56 Å². The van der Waals surface area contributed by atoms with Crippen LogP contribution in [0.4, 0.5) is 0 Å². The van der Waals surface area contributed by atoms with Gasteiger partial charge in [0.15, 0.2) is 0 Å². The molecule has 0 fully saturated rings. The Kier molecular flexibility index (Phi) is 4.94. The zero-order valence-corrected chi connectivity index (χ0v) is 12.3. The van der Waals surface area contributed by atoms with Crippen LogP contribution >= 0.6 is 43.2 Å². The molecule has 1 aromatic heterocycles. The van der Waals surface area contributed by atoms with Crippen molar-refractivity contribution in [1.82, 2.24) is 5.32 Å². The van der Waals surface area contributed by atoms with Crippen LogP contribution in [0, 0.1) is 5.92 Å². The number of nitrogens with one attached hydrogen (secondary N) is 1. The second kappa shape index (κ2) is 5.79. The highest BCUT2D eigenvalue weighted by atomic mass is 79.9. The van der Waals surface area contributed by atoms with Crippen LogP contribution in [0.25, 0.3) is 0 Å². The van der Waals surface area contributed by atoms with Crippen molar-refractivity contribution in [1.29, 1.82) is 0 Å². The number of aliphatic carboxylic acids is 1. The van der Waals surface area contributed by atoms with E-state index in [1.54, 1.807) is 13.0 Å². The Labute approximate surface area is 113 Å². The molecule has 0 aliphatic carbocycles. The van der Waals surface area contributed by atoms with Gasteiger partial charge in [-0.05, 0) is 37.9 Å². The molecule has 88 valence electrons. The molecule has 1 aromatic rings. The van der Waals surface area contributed by atoms with Gasteiger partial charge in [0.1, 0.15) is 0 Å². The monoisotopic (exact) mass is 369 g/mol. The Bertz CT molecular complexity index is 419. The minimum Gasteiger partial charge on any atom is -0.481 e. The lowest BCUT2D eigenvalue weighted by Gasteiger charge is -2.07. The molecule has 1 unspecified atom stereocenters. The second-order valence-electron chi connectivity index (χ2n) is 3.19. The molecule has 0 aliphatic heterocycles. The highest BCUT2D eigenvalue weighted by molar-refractivity contribution is 9.12. The van der Waals surface area contributed by atoms with Gasteiger partial charge in [-0.25, -0.2) is 0 Å². The van der Waals surface area contributed by atoms with E-state index in [4.69, 9.17) is 5.11 Å². The zero-order valence-electron chi connectivity index (χ0n) is 8.29. The summed E-state index contributed by atoms with van der Waals surface area (Å²) in [5, 5.41) is 11.2. The van der Waals surface area contributed by atoms with E-state index in [1.807, 2.05) is 0 Å². The van der Waals surface area contributed by atoms with Gasteiger partial charge in [-0.15, -0.1) is 11.3 Å². The summed E-state index contributed by atoms with van der Waals surface area (Å²) >= 11 is 7.93. The van der Waals surface area contributed by atoms with Gasteiger partial charge in [-0.1, -0.05) is 6.92 Å². The number of rotatable bonds is 4. The molecule has 4 nitrogen and oxygen atoms in total. The smallest absolute Gasteiger partial charge is 0.308 e. The third-order valence-electron chi connectivity index (χ3n) is 1.89. The van der Waals surface area contributed by atoms with E-state index < -0.39 is 11.9 Å². The van der Waals surface area contributed by atoms with E-state index >= 15 is 0 Å². The highest BCUT2D eigenvalue weighted by Crippen LogP contribution is 2.31. The topological polar surface area (TPSA) is 66.4 Å². The van der Waals surface area contributed by atoms with Crippen molar-refractivity contribution in [3.63, 3.8) is 0 Å². The predicted octanol–water partition coefficient (Wildman–Crippen LogP) is 2.72. The lowest BCUT2D eigenvalue weighted by atomic mass is 10.2. The molecule has 2 N–H and O–H groups in total. The normalized spacial score (nSPS) is 12.2. The fraction of sp³-hybridized carbons (Fsp3) is 0.333. The van der Waals surface area contributed by atoms with Gasteiger partial charge in [0.2, 0.25) is 0 Å². The molecule has 1 heterocycles. The molecule has 0 radical (unpaired) electrons. The highest BCUT2D eigenvalue weighted by Gasteiger charge is 2.16. The molecule has 0 saturated carbocycles. The summed E-state index contributed by atoms with van der Waals surface area (Å²) in [6.07, 6.45) is 0. The van der Waals surface area contributed by atoms with Crippen LogP contribution < -0.4 is 5.32 Å². The first kappa shape index (κ1) is 13.7. The average Bonchev–Trinajstić information content (AvgIpc) is 2.53. The fourth-order valence-electron chi connectivity index (χ4n) is 0.923. The largest absolute Gasteiger partial charge is 0.481 e. The van der Waals surface area contributed by atoms with Crippen molar-refractivity contribution < 1.29 is 14.7 Å². The Morgan fingerprint density at radius 1 is 1.56 bits per heavy atom. The van der Waals surface area contributed by atoms with Crippen LogP contribution in [0.5, 0.6) is 0 Å². The van der Waals surface area contributed by atoms with E-state index in [1.165, 1.54) is 11.3 Å². The predicted molar refractivity (Wildman–Crippen MR) is 68.9 cm³/mol. The third kappa shape index (κ3) is 3.57. The molecular formula is C9H9Br2NO3S. The summed E-state index contributed by atoms with van der Waals surface area (Å²) in [5.41, 5.74) is 0.509. The molecular weight excluding hydrogens is 362 g/mol. The standard InChI is InChI=1S/C9H9Br2NO3S/c1-4(9(14)15)3-12-8(13)5-2-6(10)16-7(5)11/h2,4H,3H2,1H3,(H,12,13)(H,14,15). The Hall–Kier alpha value is -0.400. The lowest BCUT2D eigenvalue weighted by molar-refractivity contribution is -0.140. The van der Waals surface area contributed by atoms with Crippen molar-refractivity contribution in [2.75, 3.05) is 6.54 Å². The van der Waals surface area contributed by atoms with Gasteiger partial charge >= 0.3 is 5.97 Å². The van der Waals surface area contributed by atoms with Crippen molar-refractivity contribution >= 4 is 55.1 Å². The minimum atomic E-state index is -0.925. The summed E-state index contributed by atoms with van der Waals surface area (Å²) in [5.74, 6) is -1.79. The van der Waals surface area contributed by atoms with Gasteiger partial charge in [-0.3, -0.25) is 9.59 Å². The number of carboxylic acid groups (broad SMARTS) is 1. The molecule has 7 heteroatoms. The van der Waals surface area contributed by atoms with Gasteiger partial charge in [0.25, 0.3) is 5.91 Å². The maximum atomic E-state index is 11.7. The van der Waals surface area contributed by atoms with Crippen molar-refractivity contribution in [3.05, 3.63) is 19.2 Å². The van der Waals surface area contributed by atoms with Crippen LogP contribution in [-0.4, -0.2) is 23.5 Å². The molecule has 0 bridgehead atoms. The average molecular weight is 371 g/mol. The number of carbonyl (C=O) groups is 2. The van der Waals surface area contributed by atoms with E-state index in [9.17, 15) is 9.59 Å². The fourth-order valence-corrected chi connectivity index (χ4v) is 3.72. The van der Waals surface area contributed by atoms with Gasteiger partial charge in [0, 0.05) is 6.54 Å². The molecule has 1 atom stereocenters. The number of hydrogen-bond acceptors (Lipinski definition) is 3. The molecule has 16 heavy (non-hydrogen) atoms. The molecule has 0 aromatic carbocycles. The van der Waals surface area contributed by atoms with Gasteiger partial charge in [-0.2, -0.15) is 0 Å². The van der Waals surface area contributed by atoms with Crippen molar-refractivity contribution in [2.45, 2.75) is 6.92 Å². The second-order valence-corrected chi connectivity index (χ2v) is 6.94. The summed E-state index contributed by atoms with van der Waals surface area (Å²) in [6.45, 7) is 1.66. The number of hydrogen-bond donors (Lipinski definition) is 2. The zero-order chi connectivity index (χ0) is 12.3. The number of carboxylic acids is 1. The van der Waals surface area contributed by atoms with E-state index in [2.05, 4.69) is 37.2 Å². The Morgan fingerprint density at radius 3 is 2.62 bits per heavy atom. The number of carbonyl (C=O) groups excluding carboxylic acids is 1. The maximum Gasteiger partial charge on any atom is 0.308 e. The van der Waals surface area contributed by atoms with Gasteiger partial charge < -0.3 is 10.4 Å². The third-order valence-corrected chi connectivity index (χ3v) is 4.23. The van der Waals surface area contributed by atoms with Crippen molar-refractivity contribution in [3.8, 4) is 0 Å². The van der Waals surface area contributed by atoms with Gasteiger partial charge in [0.05, 0.1) is 19.1 Å². The molecule has 0 spiro atoms. The summed E-state index contributed by atoms with van der Waals surface area (Å²) in [4.78, 5) is 22.2. The quantitative estimate of drug-likeness (QED) is 0.856. The first-order valence-corrected chi connectivity index (χ1v) is 6.78. The first-order valence-electron chi connectivity index (χ1n) is 4.37. The van der Waals surface area contributed by atoms with Crippen LogP contribution in [0.2, 0.25) is 0 Å². The van der Waals surface area contributed by atoms with E-state index in [0.717, 1.165) is 7.57 Å². The first-order chi connectivity index (χ1) is 7.41. The number of thiophene rings is 1. The Balaban J connectivity index is 2.60. The summed E-state index contributed by atoms with van der Waals surface area (Å²) in [6, 6.07) is 1.69. The molecule has 0 aliphatic rings. The lowest BCUT2D eigenvalue weighted by Crippen LogP contribution is -2.31. The van der Waals surface area contributed by atoms with Crippen LogP contribution in [0.1, 0.15) is 17.3 Å². The van der Waals surface area contributed by atoms with E-state index in [-0.39, 0.29) is 12.5 Å². The molecule has 1 rings (SSSR count). The summed E-state index contributed by atoms with van der Waals surface area (Å²) < 4.78 is 1.57. The SMILES string of the molecule is CC(CNC(=O)c1cc(Br)sc1Br)C(=O)O. The molecule has 0 saturated heterocycles.